The van der Waals surface area contributed by atoms with Crippen LogP contribution >= 0.6 is 0 Å². The van der Waals surface area contributed by atoms with Crippen LogP contribution in [0.3, 0.4) is 0 Å². The van der Waals surface area contributed by atoms with E-state index in [2.05, 4.69) is 28.7 Å². The average molecular weight is 279 g/mol. The van der Waals surface area contributed by atoms with Gasteiger partial charge in [0, 0.05) is 25.5 Å². The fourth-order valence-corrected chi connectivity index (χ4v) is 3.16. The van der Waals surface area contributed by atoms with E-state index in [0.717, 1.165) is 44.1 Å². The Hall–Kier alpha value is -0.870. The Kier molecular flexibility index (Phi) is 5.61. The Bertz CT molecular complexity index is 394. The summed E-state index contributed by atoms with van der Waals surface area (Å²) in [7, 11) is 0. The molecule has 0 aliphatic heterocycles. The Morgan fingerprint density at radius 2 is 2.15 bits per heavy atom. The Morgan fingerprint density at radius 3 is 2.80 bits per heavy atom. The van der Waals surface area contributed by atoms with E-state index in [9.17, 15) is 5.11 Å². The predicted octanol–water partition coefficient (Wildman–Crippen LogP) is 2.71. The van der Waals surface area contributed by atoms with Crippen LogP contribution in [0, 0.1) is 5.92 Å². The van der Waals surface area contributed by atoms with Gasteiger partial charge in [0.05, 0.1) is 12.1 Å². The van der Waals surface area contributed by atoms with Gasteiger partial charge in [-0.3, -0.25) is 0 Å². The van der Waals surface area contributed by atoms with Gasteiger partial charge in [-0.25, -0.2) is 4.98 Å². The van der Waals surface area contributed by atoms with Crippen LogP contribution in [-0.4, -0.2) is 26.8 Å². The summed E-state index contributed by atoms with van der Waals surface area (Å²) < 4.78 is 2.19. The third-order valence-electron chi connectivity index (χ3n) is 4.62. The van der Waals surface area contributed by atoms with Crippen molar-refractivity contribution in [2.24, 2.45) is 5.92 Å². The third-order valence-corrected chi connectivity index (χ3v) is 4.62. The zero-order valence-electron chi connectivity index (χ0n) is 12.9. The van der Waals surface area contributed by atoms with Crippen molar-refractivity contribution in [3.8, 4) is 0 Å². The number of hydrogen-bond acceptors (Lipinski definition) is 3. The first kappa shape index (κ1) is 15.5. The van der Waals surface area contributed by atoms with Crippen molar-refractivity contribution in [1.82, 2.24) is 14.9 Å². The highest BCUT2D eigenvalue weighted by molar-refractivity contribution is 4.93. The van der Waals surface area contributed by atoms with E-state index in [4.69, 9.17) is 0 Å². The SMILES string of the molecule is CCCn1ccnc1CNCC1(O)CCC(CC)CC1. The van der Waals surface area contributed by atoms with Crippen molar-refractivity contribution >= 4 is 0 Å². The molecule has 0 radical (unpaired) electrons. The van der Waals surface area contributed by atoms with Gasteiger partial charge in [0.25, 0.3) is 0 Å². The van der Waals surface area contributed by atoms with Gasteiger partial charge in [-0.2, -0.15) is 0 Å². The molecule has 1 aliphatic rings. The molecule has 0 amide bonds. The molecule has 1 aromatic heterocycles. The van der Waals surface area contributed by atoms with Gasteiger partial charge >= 0.3 is 0 Å². The lowest BCUT2D eigenvalue weighted by atomic mass is 9.78. The van der Waals surface area contributed by atoms with Gasteiger partial charge in [-0.1, -0.05) is 20.3 Å². The maximum atomic E-state index is 10.6. The lowest BCUT2D eigenvalue weighted by Gasteiger charge is -2.36. The van der Waals surface area contributed by atoms with Crippen molar-refractivity contribution < 1.29 is 5.11 Å². The van der Waals surface area contributed by atoms with Crippen LogP contribution in [0.25, 0.3) is 0 Å². The number of aliphatic hydroxyl groups is 1. The van der Waals surface area contributed by atoms with Gasteiger partial charge < -0.3 is 15.0 Å². The van der Waals surface area contributed by atoms with E-state index >= 15 is 0 Å². The summed E-state index contributed by atoms with van der Waals surface area (Å²) in [6, 6.07) is 0. The van der Waals surface area contributed by atoms with E-state index in [1.165, 1.54) is 19.3 Å². The molecular weight excluding hydrogens is 250 g/mol. The zero-order chi connectivity index (χ0) is 14.4. The summed E-state index contributed by atoms with van der Waals surface area (Å²) in [6.45, 7) is 6.86. The number of aryl methyl sites for hydroxylation is 1. The predicted molar refractivity (Wildman–Crippen MR) is 81.4 cm³/mol. The van der Waals surface area contributed by atoms with Crippen LogP contribution in [0.15, 0.2) is 12.4 Å². The van der Waals surface area contributed by atoms with E-state index in [-0.39, 0.29) is 0 Å². The van der Waals surface area contributed by atoms with Crippen LogP contribution in [0.5, 0.6) is 0 Å². The summed E-state index contributed by atoms with van der Waals surface area (Å²) >= 11 is 0. The molecule has 0 unspecified atom stereocenters. The minimum atomic E-state index is -0.506. The first-order valence-corrected chi connectivity index (χ1v) is 8.10. The molecule has 4 nitrogen and oxygen atoms in total. The third kappa shape index (κ3) is 4.06. The van der Waals surface area contributed by atoms with E-state index in [0.29, 0.717) is 6.54 Å². The maximum absolute atomic E-state index is 10.6. The molecule has 0 atom stereocenters. The number of hydrogen-bond donors (Lipinski definition) is 2. The van der Waals surface area contributed by atoms with E-state index in [1.807, 2.05) is 12.4 Å². The molecule has 1 aromatic rings. The maximum Gasteiger partial charge on any atom is 0.122 e. The summed E-state index contributed by atoms with van der Waals surface area (Å²) in [5, 5.41) is 14.0. The Labute approximate surface area is 122 Å². The molecule has 2 N–H and O–H groups in total. The molecule has 0 aromatic carbocycles. The van der Waals surface area contributed by atoms with Crippen molar-refractivity contribution in [2.45, 2.75) is 71.1 Å². The normalized spacial score (nSPS) is 26.9. The molecule has 20 heavy (non-hydrogen) atoms. The van der Waals surface area contributed by atoms with Gasteiger partial charge in [0.1, 0.15) is 5.82 Å². The summed E-state index contributed by atoms with van der Waals surface area (Å²) in [6.07, 6.45) is 10.4. The first-order chi connectivity index (χ1) is 9.67. The van der Waals surface area contributed by atoms with Crippen LogP contribution in [0.1, 0.15) is 58.2 Å². The highest BCUT2D eigenvalue weighted by Gasteiger charge is 2.32. The number of rotatable bonds is 7. The number of imidazole rings is 1. The fraction of sp³-hybridized carbons (Fsp3) is 0.812. The van der Waals surface area contributed by atoms with Gasteiger partial charge in [0.15, 0.2) is 0 Å². The van der Waals surface area contributed by atoms with Crippen LogP contribution in [0.4, 0.5) is 0 Å². The molecule has 0 bridgehead atoms. The molecule has 0 saturated heterocycles. The molecule has 1 saturated carbocycles. The Morgan fingerprint density at radius 1 is 1.40 bits per heavy atom. The second kappa shape index (κ2) is 7.23. The zero-order valence-corrected chi connectivity index (χ0v) is 12.9. The molecule has 114 valence electrons. The van der Waals surface area contributed by atoms with Crippen molar-refractivity contribution in [1.29, 1.82) is 0 Å². The highest BCUT2D eigenvalue weighted by Crippen LogP contribution is 2.33. The molecule has 4 heteroatoms. The highest BCUT2D eigenvalue weighted by atomic mass is 16.3. The van der Waals surface area contributed by atoms with Gasteiger partial charge in [-0.05, 0) is 38.0 Å². The van der Waals surface area contributed by atoms with Crippen molar-refractivity contribution in [2.75, 3.05) is 6.54 Å². The molecular formula is C16H29N3O. The first-order valence-electron chi connectivity index (χ1n) is 8.10. The molecule has 1 heterocycles. The summed E-state index contributed by atoms with van der Waals surface area (Å²) in [4.78, 5) is 4.38. The number of nitrogens with one attached hydrogen (secondary N) is 1. The minimum Gasteiger partial charge on any atom is -0.389 e. The van der Waals surface area contributed by atoms with Gasteiger partial charge in [0.2, 0.25) is 0 Å². The molecule has 1 fully saturated rings. The topological polar surface area (TPSA) is 50.1 Å². The minimum absolute atomic E-state index is 0.506. The van der Waals surface area contributed by atoms with E-state index < -0.39 is 5.60 Å². The fourth-order valence-electron chi connectivity index (χ4n) is 3.16. The largest absolute Gasteiger partial charge is 0.389 e. The quantitative estimate of drug-likeness (QED) is 0.807. The summed E-state index contributed by atoms with van der Waals surface area (Å²) in [5.41, 5.74) is -0.506. The molecule has 1 aliphatic carbocycles. The second-order valence-electron chi connectivity index (χ2n) is 6.22. The lowest BCUT2D eigenvalue weighted by Crippen LogP contribution is -2.43. The van der Waals surface area contributed by atoms with Crippen molar-refractivity contribution in [3.63, 3.8) is 0 Å². The van der Waals surface area contributed by atoms with Crippen LogP contribution < -0.4 is 5.32 Å². The van der Waals surface area contributed by atoms with Crippen LogP contribution in [-0.2, 0) is 13.1 Å². The van der Waals surface area contributed by atoms with Crippen molar-refractivity contribution in [3.05, 3.63) is 18.2 Å². The molecule has 0 spiro atoms. The second-order valence-corrected chi connectivity index (χ2v) is 6.22. The molecule has 2 rings (SSSR count). The number of nitrogens with zero attached hydrogens (tertiary/aromatic N) is 2. The standard InChI is InChI=1S/C16H29N3O/c1-3-10-19-11-9-18-15(19)12-17-13-16(20)7-5-14(4-2)6-8-16/h9,11,14,17,20H,3-8,10,12-13H2,1-2H3. The van der Waals surface area contributed by atoms with Crippen LogP contribution in [0.2, 0.25) is 0 Å². The summed E-state index contributed by atoms with van der Waals surface area (Å²) in [5.74, 6) is 1.89. The Balaban J connectivity index is 1.76. The van der Waals surface area contributed by atoms with Gasteiger partial charge in [-0.15, -0.1) is 0 Å². The average Bonchev–Trinajstić information content (AvgIpc) is 2.88. The monoisotopic (exact) mass is 279 g/mol. The number of aromatic nitrogens is 2. The lowest BCUT2D eigenvalue weighted by molar-refractivity contribution is -0.00896. The smallest absolute Gasteiger partial charge is 0.122 e. The van der Waals surface area contributed by atoms with E-state index in [1.54, 1.807) is 0 Å².